The van der Waals surface area contributed by atoms with Crippen LogP contribution in [0.2, 0.25) is 0 Å². The van der Waals surface area contributed by atoms with Crippen molar-refractivity contribution in [3.05, 3.63) is 59.7 Å². The zero-order valence-corrected chi connectivity index (χ0v) is 20.8. The topological polar surface area (TPSA) is 99.3 Å². The van der Waals surface area contributed by atoms with Crippen LogP contribution in [0.5, 0.6) is 5.75 Å². The number of carbonyl (C=O) groups is 2. The number of anilines is 2. The molecule has 0 spiro atoms. The fraction of sp³-hybridized carbons (Fsp3) is 0.360. The Kier molecular flexibility index (Phi) is 7.42. The maximum Gasteiger partial charge on any atom is 0.254 e. The fourth-order valence-corrected chi connectivity index (χ4v) is 5.72. The summed E-state index contributed by atoms with van der Waals surface area (Å²) in [6.07, 6.45) is 3.65. The number of likely N-dealkylation sites (N-methyl/N-ethyl adjacent to an activating group) is 1. The van der Waals surface area contributed by atoms with E-state index in [0.717, 1.165) is 18.7 Å². The first kappa shape index (κ1) is 24.7. The van der Waals surface area contributed by atoms with Crippen molar-refractivity contribution in [3.63, 3.8) is 0 Å². The summed E-state index contributed by atoms with van der Waals surface area (Å²) in [5.74, 6) is 0.170. The number of nitrogens with zero attached hydrogens (tertiary/aromatic N) is 3. The number of methoxy groups -OCH3 is 1. The average molecular weight is 499 g/mol. The Morgan fingerprint density at radius 2 is 1.71 bits per heavy atom. The van der Waals surface area contributed by atoms with Gasteiger partial charge in [-0.05, 0) is 55.4 Å². The number of amides is 2. The van der Waals surface area contributed by atoms with E-state index in [-0.39, 0.29) is 17.6 Å². The Morgan fingerprint density at radius 3 is 2.34 bits per heavy atom. The lowest BCUT2D eigenvalue weighted by Gasteiger charge is -2.32. The Balaban J connectivity index is 1.42. The highest BCUT2D eigenvalue weighted by molar-refractivity contribution is 7.93. The fourth-order valence-electron chi connectivity index (χ4n) is 4.16. The second-order valence-electron chi connectivity index (χ2n) is 8.67. The molecule has 2 amide bonds. The van der Waals surface area contributed by atoms with Gasteiger partial charge < -0.3 is 19.9 Å². The third-order valence-electron chi connectivity index (χ3n) is 6.20. The Bertz CT molecular complexity index is 1220. The number of hydrogen-bond donors (Lipinski definition) is 1. The molecule has 2 aliphatic rings. The van der Waals surface area contributed by atoms with Gasteiger partial charge in [0.1, 0.15) is 5.75 Å². The van der Waals surface area contributed by atoms with E-state index in [4.69, 9.17) is 4.74 Å². The normalized spacial score (nSPS) is 18.1. The van der Waals surface area contributed by atoms with E-state index in [9.17, 15) is 18.0 Å². The van der Waals surface area contributed by atoms with Gasteiger partial charge in [-0.25, -0.2) is 8.42 Å². The van der Waals surface area contributed by atoms with Gasteiger partial charge in [0.05, 0.1) is 24.2 Å². The first-order chi connectivity index (χ1) is 16.8. The van der Waals surface area contributed by atoms with Gasteiger partial charge in [-0.1, -0.05) is 12.1 Å². The lowest BCUT2D eigenvalue weighted by Crippen LogP contribution is -2.47. The molecular formula is C25H30N4O5S. The van der Waals surface area contributed by atoms with Gasteiger partial charge in [0.25, 0.3) is 5.91 Å². The largest absolute Gasteiger partial charge is 0.495 e. The van der Waals surface area contributed by atoms with Crippen molar-refractivity contribution in [1.29, 1.82) is 0 Å². The monoisotopic (exact) mass is 498 g/mol. The van der Waals surface area contributed by atoms with E-state index >= 15 is 0 Å². The van der Waals surface area contributed by atoms with E-state index in [2.05, 4.69) is 10.2 Å². The van der Waals surface area contributed by atoms with Crippen LogP contribution < -0.4 is 14.4 Å². The molecule has 2 fully saturated rings. The highest BCUT2D eigenvalue weighted by Crippen LogP contribution is 2.27. The number of nitrogens with one attached hydrogen (secondary N) is 1. The van der Waals surface area contributed by atoms with Crippen molar-refractivity contribution in [3.8, 4) is 5.75 Å². The summed E-state index contributed by atoms with van der Waals surface area (Å²) in [5.41, 5.74) is 2.28. The maximum absolute atomic E-state index is 12.9. The quantitative estimate of drug-likeness (QED) is 0.614. The van der Waals surface area contributed by atoms with Gasteiger partial charge >= 0.3 is 0 Å². The third kappa shape index (κ3) is 5.83. The molecule has 0 bridgehead atoms. The van der Waals surface area contributed by atoms with Crippen LogP contribution in [-0.2, 0) is 14.8 Å². The van der Waals surface area contributed by atoms with Crippen molar-refractivity contribution in [1.82, 2.24) is 9.80 Å². The number of hydrogen-bond acceptors (Lipinski definition) is 6. The van der Waals surface area contributed by atoms with Gasteiger partial charge in [-0.2, -0.15) is 0 Å². The van der Waals surface area contributed by atoms with Crippen LogP contribution in [0.25, 0.3) is 6.08 Å². The minimum atomic E-state index is -3.23. The van der Waals surface area contributed by atoms with Gasteiger partial charge in [0.15, 0.2) is 0 Å². The zero-order valence-electron chi connectivity index (χ0n) is 19.9. The van der Waals surface area contributed by atoms with Gasteiger partial charge in [0.2, 0.25) is 15.9 Å². The van der Waals surface area contributed by atoms with Crippen LogP contribution in [0.1, 0.15) is 22.3 Å². The first-order valence-electron chi connectivity index (χ1n) is 11.5. The molecular weight excluding hydrogens is 468 g/mol. The van der Waals surface area contributed by atoms with E-state index in [1.54, 1.807) is 48.5 Å². The maximum atomic E-state index is 12.9. The van der Waals surface area contributed by atoms with Crippen LogP contribution in [-0.4, -0.2) is 82.7 Å². The summed E-state index contributed by atoms with van der Waals surface area (Å²) in [5, 5.41) is 2.79. The molecule has 2 aliphatic heterocycles. The lowest BCUT2D eigenvalue weighted by atomic mass is 10.1. The molecule has 2 aromatic rings. The van der Waals surface area contributed by atoms with Crippen LogP contribution in [0.3, 0.4) is 0 Å². The van der Waals surface area contributed by atoms with Crippen LogP contribution in [0.15, 0.2) is 48.5 Å². The molecule has 0 radical (unpaired) electrons. The molecule has 9 nitrogen and oxygen atoms in total. The molecule has 2 heterocycles. The van der Waals surface area contributed by atoms with Gasteiger partial charge in [-0.15, -0.1) is 0 Å². The molecule has 0 saturated carbocycles. The minimum absolute atomic E-state index is 0.0769. The molecule has 0 aliphatic carbocycles. The van der Waals surface area contributed by atoms with Gasteiger partial charge in [-0.3, -0.25) is 13.9 Å². The van der Waals surface area contributed by atoms with Crippen molar-refractivity contribution in [2.45, 2.75) is 6.42 Å². The highest BCUT2D eigenvalue weighted by atomic mass is 32.2. The smallest absolute Gasteiger partial charge is 0.254 e. The van der Waals surface area contributed by atoms with E-state index in [1.165, 1.54) is 17.5 Å². The molecule has 2 saturated heterocycles. The van der Waals surface area contributed by atoms with E-state index in [0.29, 0.717) is 48.7 Å². The molecule has 0 unspecified atom stereocenters. The summed E-state index contributed by atoms with van der Waals surface area (Å²) in [7, 11) is 0.306. The predicted molar refractivity (Wildman–Crippen MR) is 136 cm³/mol. The molecule has 186 valence electrons. The predicted octanol–water partition coefficient (Wildman–Crippen LogP) is 2.27. The molecule has 0 aromatic heterocycles. The molecule has 1 N–H and O–H groups in total. The number of rotatable bonds is 6. The zero-order chi connectivity index (χ0) is 25.0. The number of benzene rings is 2. The number of ether oxygens (including phenoxy) is 1. The number of sulfonamides is 1. The second-order valence-corrected chi connectivity index (χ2v) is 10.7. The number of piperazine rings is 1. The van der Waals surface area contributed by atoms with Crippen molar-refractivity contribution in [2.75, 3.05) is 62.3 Å². The third-order valence-corrected chi connectivity index (χ3v) is 8.07. The second kappa shape index (κ2) is 10.5. The molecule has 35 heavy (non-hydrogen) atoms. The Hall–Kier alpha value is -3.37. The summed E-state index contributed by atoms with van der Waals surface area (Å²) < 4.78 is 30.9. The highest BCUT2D eigenvalue weighted by Gasteiger charge is 2.28. The standard InChI is InChI=1S/C25H30N4O5S/c1-27-13-15-28(16-14-27)25(31)20-7-10-23(34-2)22(18-20)26-24(30)11-6-19-4-8-21(9-5-19)29-12-3-17-35(29,32)33/h4-11,18H,3,12-17H2,1-2H3,(H,26,30)/b11-6+. The minimum Gasteiger partial charge on any atom is -0.495 e. The van der Waals surface area contributed by atoms with Crippen LogP contribution in [0, 0.1) is 0 Å². The van der Waals surface area contributed by atoms with Crippen molar-refractivity contribution >= 4 is 39.3 Å². The molecule has 0 atom stereocenters. The Labute approximate surface area is 206 Å². The summed E-state index contributed by atoms with van der Waals surface area (Å²) in [4.78, 5) is 29.5. The summed E-state index contributed by atoms with van der Waals surface area (Å²) >= 11 is 0. The van der Waals surface area contributed by atoms with E-state index < -0.39 is 10.0 Å². The summed E-state index contributed by atoms with van der Waals surface area (Å²) in [6, 6.07) is 12.0. The van der Waals surface area contributed by atoms with Crippen LogP contribution in [0.4, 0.5) is 11.4 Å². The molecule has 10 heteroatoms. The van der Waals surface area contributed by atoms with E-state index in [1.807, 2.05) is 11.9 Å². The van der Waals surface area contributed by atoms with Crippen molar-refractivity contribution < 1.29 is 22.7 Å². The lowest BCUT2D eigenvalue weighted by molar-refractivity contribution is -0.111. The first-order valence-corrected chi connectivity index (χ1v) is 13.1. The molecule has 4 rings (SSSR count). The Morgan fingerprint density at radius 1 is 1.00 bits per heavy atom. The van der Waals surface area contributed by atoms with Crippen molar-refractivity contribution in [2.24, 2.45) is 0 Å². The average Bonchev–Trinajstić information content (AvgIpc) is 3.22. The summed E-state index contributed by atoms with van der Waals surface area (Å²) in [6.45, 7) is 3.46. The number of carbonyl (C=O) groups excluding carboxylic acids is 2. The van der Waals surface area contributed by atoms with Gasteiger partial charge in [0, 0.05) is 44.4 Å². The van der Waals surface area contributed by atoms with Crippen LogP contribution >= 0.6 is 0 Å². The molecule has 2 aromatic carbocycles. The SMILES string of the molecule is COc1ccc(C(=O)N2CCN(C)CC2)cc1NC(=O)/C=C/c1ccc(N2CCCS2(=O)=O)cc1.